The number of carbonyl (C=O) groups excluding carboxylic acids is 1. The standard InChI is InChI=1S/C16H27N3O3S2/c1-12(2)19(3)24(21,22)14-7-5-13(6-8-14)11-18-16(20)15(17)9-10-23-4/h5-8,12,15H,9-11,17H2,1-4H3,(H,18,20)/t15-/m0/s1. The zero-order valence-electron chi connectivity index (χ0n) is 14.7. The van der Waals surface area contributed by atoms with Crippen LogP contribution in [0.1, 0.15) is 25.8 Å². The van der Waals surface area contributed by atoms with Gasteiger partial charge in [0.05, 0.1) is 10.9 Å². The SMILES string of the molecule is CSCC[C@H](N)C(=O)NCc1ccc(S(=O)(=O)N(C)C(C)C)cc1. The largest absolute Gasteiger partial charge is 0.351 e. The highest BCUT2D eigenvalue weighted by molar-refractivity contribution is 7.98. The molecule has 0 saturated carbocycles. The topological polar surface area (TPSA) is 92.5 Å². The van der Waals surface area contributed by atoms with Crippen LogP contribution in [0.4, 0.5) is 0 Å². The second kappa shape index (κ2) is 9.41. The maximum Gasteiger partial charge on any atom is 0.243 e. The number of amides is 1. The summed E-state index contributed by atoms with van der Waals surface area (Å²) in [5.74, 6) is 0.644. The molecule has 6 nitrogen and oxygen atoms in total. The average Bonchev–Trinajstić information content (AvgIpc) is 2.56. The monoisotopic (exact) mass is 373 g/mol. The molecule has 0 fully saturated rings. The Hall–Kier alpha value is -1.09. The highest BCUT2D eigenvalue weighted by Gasteiger charge is 2.22. The second-order valence-electron chi connectivity index (χ2n) is 5.86. The van der Waals surface area contributed by atoms with Gasteiger partial charge in [-0.05, 0) is 50.0 Å². The summed E-state index contributed by atoms with van der Waals surface area (Å²) in [6.45, 7) is 3.97. The van der Waals surface area contributed by atoms with E-state index in [9.17, 15) is 13.2 Å². The lowest BCUT2D eigenvalue weighted by molar-refractivity contribution is -0.122. The van der Waals surface area contributed by atoms with Crippen LogP contribution in [0, 0.1) is 0 Å². The van der Waals surface area contributed by atoms with Crippen LogP contribution < -0.4 is 11.1 Å². The third kappa shape index (κ3) is 5.77. The van der Waals surface area contributed by atoms with E-state index in [1.807, 2.05) is 20.1 Å². The molecule has 0 spiro atoms. The van der Waals surface area contributed by atoms with Crippen molar-refractivity contribution < 1.29 is 13.2 Å². The van der Waals surface area contributed by atoms with Gasteiger partial charge >= 0.3 is 0 Å². The number of nitrogens with zero attached hydrogens (tertiary/aromatic N) is 1. The Morgan fingerprint density at radius 1 is 1.29 bits per heavy atom. The quantitative estimate of drug-likeness (QED) is 0.683. The first-order valence-corrected chi connectivity index (χ1v) is 10.6. The number of hydrogen-bond acceptors (Lipinski definition) is 5. The molecule has 0 bridgehead atoms. The lowest BCUT2D eigenvalue weighted by atomic mass is 10.2. The van der Waals surface area contributed by atoms with Gasteiger partial charge in [-0.3, -0.25) is 4.79 Å². The molecular weight excluding hydrogens is 346 g/mol. The van der Waals surface area contributed by atoms with Crippen molar-refractivity contribution in [3.63, 3.8) is 0 Å². The van der Waals surface area contributed by atoms with Crippen molar-refractivity contribution in [3.05, 3.63) is 29.8 Å². The third-order valence-corrected chi connectivity index (χ3v) is 6.46. The average molecular weight is 374 g/mol. The number of sulfonamides is 1. The molecule has 3 N–H and O–H groups in total. The summed E-state index contributed by atoms with van der Waals surface area (Å²) < 4.78 is 26.1. The minimum atomic E-state index is -3.49. The van der Waals surface area contributed by atoms with Crippen LogP contribution in [0.25, 0.3) is 0 Å². The van der Waals surface area contributed by atoms with E-state index in [2.05, 4.69) is 5.32 Å². The minimum absolute atomic E-state index is 0.114. The first kappa shape index (κ1) is 21.0. The molecule has 0 unspecified atom stereocenters. The Morgan fingerprint density at radius 2 is 1.88 bits per heavy atom. The fourth-order valence-corrected chi connectivity index (χ4v) is 3.78. The summed E-state index contributed by atoms with van der Waals surface area (Å²) in [5, 5.41) is 2.77. The van der Waals surface area contributed by atoms with Gasteiger partial charge in [-0.1, -0.05) is 12.1 Å². The van der Waals surface area contributed by atoms with Crippen molar-refractivity contribution in [1.82, 2.24) is 9.62 Å². The van der Waals surface area contributed by atoms with Gasteiger partial charge in [-0.15, -0.1) is 0 Å². The predicted octanol–water partition coefficient (Wildman–Crippen LogP) is 1.41. The van der Waals surface area contributed by atoms with Crippen LogP contribution >= 0.6 is 11.8 Å². The first-order valence-electron chi connectivity index (χ1n) is 7.79. The van der Waals surface area contributed by atoms with E-state index in [0.29, 0.717) is 13.0 Å². The zero-order valence-corrected chi connectivity index (χ0v) is 16.3. The molecule has 0 aliphatic carbocycles. The molecule has 24 heavy (non-hydrogen) atoms. The summed E-state index contributed by atoms with van der Waals surface area (Å²) in [6.07, 6.45) is 2.60. The van der Waals surface area contributed by atoms with Gasteiger partial charge in [0.25, 0.3) is 0 Å². The van der Waals surface area contributed by atoms with E-state index in [-0.39, 0.29) is 16.8 Å². The summed E-state index contributed by atoms with van der Waals surface area (Å²) in [7, 11) is -1.93. The molecule has 1 aromatic carbocycles. The number of carbonyl (C=O) groups is 1. The molecule has 0 radical (unpaired) electrons. The van der Waals surface area contributed by atoms with Gasteiger partial charge in [-0.2, -0.15) is 16.1 Å². The van der Waals surface area contributed by atoms with Gasteiger partial charge in [0.2, 0.25) is 15.9 Å². The Bertz CT molecular complexity index is 630. The van der Waals surface area contributed by atoms with Crippen LogP contribution in [-0.2, 0) is 21.4 Å². The van der Waals surface area contributed by atoms with E-state index in [1.165, 1.54) is 4.31 Å². The van der Waals surface area contributed by atoms with E-state index in [0.717, 1.165) is 11.3 Å². The van der Waals surface area contributed by atoms with Crippen molar-refractivity contribution in [2.24, 2.45) is 5.73 Å². The van der Waals surface area contributed by atoms with Crippen molar-refractivity contribution in [3.8, 4) is 0 Å². The van der Waals surface area contributed by atoms with Crippen LogP contribution in [-0.4, -0.2) is 49.8 Å². The van der Waals surface area contributed by atoms with Crippen molar-refractivity contribution in [2.75, 3.05) is 19.1 Å². The van der Waals surface area contributed by atoms with E-state index in [1.54, 1.807) is 43.1 Å². The number of hydrogen-bond donors (Lipinski definition) is 2. The molecule has 1 aromatic rings. The van der Waals surface area contributed by atoms with E-state index in [4.69, 9.17) is 5.73 Å². The maximum absolute atomic E-state index is 12.4. The van der Waals surface area contributed by atoms with E-state index < -0.39 is 16.1 Å². The van der Waals surface area contributed by atoms with E-state index >= 15 is 0 Å². The molecule has 0 saturated heterocycles. The Balaban J connectivity index is 2.67. The molecule has 0 heterocycles. The van der Waals surface area contributed by atoms with Crippen LogP contribution in [0.5, 0.6) is 0 Å². The molecule has 1 amide bonds. The summed E-state index contributed by atoms with van der Waals surface area (Å²) >= 11 is 1.65. The summed E-state index contributed by atoms with van der Waals surface area (Å²) in [4.78, 5) is 12.1. The molecule has 136 valence electrons. The molecule has 8 heteroatoms. The van der Waals surface area contributed by atoms with Crippen molar-refractivity contribution >= 4 is 27.7 Å². The normalized spacial score (nSPS) is 13.3. The zero-order chi connectivity index (χ0) is 18.3. The van der Waals surface area contributed by atoms with Gasteiger partial charge in [0, 0.05) is 19.6 Å². The van der Waals surface area contributed by atoms with Crippen molar-refractivity contribution in [1.29, 1.82) is 0 Å². The molecule has 1 atom stereocenters. The number of benzene rings is 1. The molecule has 0 aliphatic rings. The third-order valence-electron chi connectivity index (χ3n) is 3.76. The molecule has 1 rings (SSSR count). The van der Waals surface area contributed by atoms with Crippen LogP contribution in [0.2, 0.25) is 0 Å². The highest BCUT2D eigenvalue weighted by atomic mass is 32.2. The fourth-order valence-electron chi connectivity index (χ4n) is 1.92. The minimum Gasteiger partial charge on any atom is -0.351 e. The van der Waals surface area contributed by atoms with Gasteiger partial charge in [-0.25, -0.2) is 8.42 Å². The number of nitrogens with one attached hydrogen (secondary N) is 1. The summed E-state index contributed by atoms with van der Waals surface area (Å²) in [6, 6.07) is 5.89. The Morgan fingerprint density at radius 3 is 2.38 bits per heavy atom. The highest BCUT2D eigenvalue weighted by Crippen LogP contribution is 2.17. The molecular formula is C16H27N3O3S2. The second-order valence-corrected chi connectivity index (χ2v) is 8.85. The Kier molecular flexibility index (Phi) is 8.21. The summed E-state index contributed by atoms with van der Waals surface area (Å²) in [5.41, 5.74) is 6.63. The lowest BCUT2D eigenvalue weighted by Crippen LogP contribution is -2.40. The number of nitrogens with two attached hydrogens (primary N) is 1. The van der Waals surface area contributed by atoms with Crippen LogP contribution in [0.15, 0.2) is 29.2 Å². The van der Waals surface area contributed by atoms with Gasteiger partial charge in [0.15, 0.2) is 0 Å². The predicted molar refractivity (Wildman–Crippen MR) is 99.3 cm³/mol. The number of rotatable bonds is 9. The number of thioether (sulfide) groups is 1. The maximum atomic E-state index is 12.4. The first-order chi connectivity index (χ1) is 11.2. The van der Waals surface area contributed by atoms with Crippen LogP contribution in [0.3, 0.4) is 0 Å². The van der Waals surface area contributed by atoms with Gasteiger partial charge < -0.3 is 11.1 Å². The molecule has 0 aliphatic heterocycles. The lowest BCUT2D eigenvalue weighted by Gasteiger charge is -2.21. The smallest absolute Gasteiger partial charge is 0.243 e. The Labute approximate surface area is 149 Å². The van der Waals surface area contributed by atoms with Crippen molar-refractivity contribution in [2.45, 2.75) is 43.8 Å². The van der Waals surface area contributed by atoms with Gasteiger partial charge in [0.1, 0.15) is 0 Å². The molecule has 0 aromatic heterocycles. The fraction of sp³-hybridized carbons (Fsp3) is 0.562.